The molecule has 2 amide bonds. The third-order valence-electron chi connectivity index (χ3n) is 3.24. The lowest BCUT2D eigenvalue weighted by molar-refractivity contribution is -0.0964. The number of hydrogen-bond donors (Lipinski definition) is 3. The molecule has 3 aromatic rings. The molecule has 1 aromatic heterocycles. The number of fused-ring (bicyclic) bond motifs is 1. The smallest absolute Gasteiger partial charge is 0.420 e. The van der Waals surface area contributed by atoms with E-state index in [0.29, 0.717) is 16.4 Å². The van der Waals surface area contributed by atoms with Gasteiger partial charge in [0.2, 0.25) is 0 Å². The van der Waals surface area contributed by atoms with Crippen LogP contribution in [0.5, 0.6) is 5.75 Å². The highest BCUT2D eigenvalue weighted by molar-refractivity contribution is 6.31. The monoisotopic (exact) mass is 385 g/mol. The molecule has 0 aliphatic rings. The molecule has 2 aromatic carbocycles. The molecule has 5 nitrogen and oxygen atoms in total. The lowest BCUT2D eigenvalue weighted by atomic mass is 10.2. The van der Waals surface area contributed by atoms with Crippen molar-refractivity contribution in [2.75, 3.05) is 10.6 Å². The van der Waals surface area contributed by atoms with E-state index in [9.17, 15) is 13.6 Å². The number of halogens is 4. The predicted octanol–water partition coefficient (Wildman–Crippen LogP) is 5.63. The molecule has 0 fully saturated rings. The fraction of sp³-hybridized carbons (Fsp3) is 0.0625. The van der Waals surface area contributed by atoms with E-state index in [-0.39, 0.29) is 5.75 Å². The van der Waals surface area contributed by atoms with Crippen molar-refractivity contribution in [2.24, 2.45) is 0 Å². The Morgan fingerprint density at radius 3 is 2.52 bits per heavy atom. The van der Waals surface area contributed by atoms with E-state index in [1.54, 1.807) is 24.4 Å². The summed E-state index contributed by atoms with van der Waals surface area (Å²) >= 11 is 10.6. The lowest BCUT2D eigenvalue weighted by Gasteiger charge is -2.11. The first kappa shape index (κ1) is 17.3. The summed E-state index contributed by atoms with van der Waals surface area (Å²) < 4.78 is 29.3. The van der Waals surface area contributed by atoms with Crippen LogP contribution in [-0.2, 0) is 0 Å². The summed E-state index contributed by atoms with van der Waals surface area (Å²) in [5.41, 5.74) is -2.02. The Hall–Kier alpha value is -2.51. The molecular weight excluding hydrogens is 375 g/mol. The van der Waals surface area contributed by atoms with E-state index in [0.717, 1.165) is 10.9 Å². The molecule has 0 saturated carbocycles. The van der Waals surface area contributed by atoms with Gasteiger partial charge in [-0.25, -0.2) is 4.79 Å². The van der Waals surface area contributed by atoms with Crippen molar-refractivity contribution < 1.29 is 18.3 Å². The van der Waals surface area contributed by atoms with Crippen LogP contribution in [0.25, 0.3) is 10.9 Å². The number of anilines is 2. The zero-order chi connectivity index (χ0) is 18.0. The van der Waals surface area contributed by atoms with Gasteiger partial charge in [-0.1, -0.05) is 11.6 Å². The number of alkyl halides is 3. The second-order valence-electron chi connectivity index (χ2n) is 5.04. The van der Waals surface area contributed by atoms with Crippen LogP contribution in [0.2, 0.25) is 5.02 Å². The van der Waals surface area contributed by atoms with Gasteiger partial charge in [0, 0.05) is 39.4 Å². The van der Waals surface area contributed by atoms with Crippen LogP contribution in [-0.4, -0.2) is 16.6 Å². The largest absolute Gasteiger partial charge is 0.487 e. The molecule has 1 heterocycles. The summed E-state index contributed by atoms with van der Waals surface area (Å²) in [4.78, 5) is 15.1. The maximum absolute atomic E-state index is 12.5. The van der Waals surface area contributed by atoms with Crippen LogP contribution in [0.1, 0.15) is 0 Å². The Morgan fingerprint density at radius 1 is 1.12 bits per heavy atom. The van der Waals surface area contributed by atoms with Crippen molar-refractivity contribution >= 4 is 51.5 Å². The molecule has 0 aliphatic heterocycles. The fourth-order valence-corrected chi connectivity index (χ4v) is 2.48. The average Bonchev–Trinajstić information content (AvgIpc) is 2.90. The zero-order valence-electron chi connectivity index (χ0n) is 12.4. The Kier molecular flexibility index (Phi) is 4.69. The third kappa shape index (κ3) is 4.52. The molecule has 3 N–H and O–H groups in total. The molecule has 0 unspecified atom stereocenters. The summed E-state index contributed by atoms with van der Waals surface area (Å²) in [5.74, 6) is -0.128. The van der Waals surface area contributed by atoms with Gasteiger partial charge < -0.3 is 20.4 Å². The highest BCUT2D eigenvalue weighted by Gasteiger charge is 2.27. The lowest BCUT2D eigenvalue weighted by Crippen LogP contribution is -2.19. The number of benzene rings is 2. The van der Waals surface area contributed by atoms with Gasteiger partial charge in [-0.05, 0) is 42.5 Å². The number of aromatic nitrogens is 1. The highest BCUT2D eigenvalue weighted by atomic mass is 35.5. The Morgan fingerprint density at radius 2 is 1.84 bits per heavy atom. The minimum atomic E-state index is -3.79. The van der Waals surface area contributed by atoms with E-state index < -0.39 is 11.6 Å². The summed E-state index contributed by atoms with van der Waals surface area (Å²) in [6, 6.07) is 10.1. The van der Waals surface area contributed by atoms with E-state index in [1.807, 2.05) is 0 Å². The van der Waals surface area contributed by atoms with Crippen LogP contribution in [0.3, 0.4) is 0 Å². The highest BCUT2D eigenvalue weighted by Crippen LogP contribution is 2.27. The number of hydrogen-bond acceptors (Lipinski definition) is 2. The number of carbonyl (C=O) groups is 1. The van der Waals surface area contributed by atoms with Gasteiger partial charge in [0.25, 0.3) is 0 Å². The summed E-state index contributed by atoms with van der Waals surface area (Å²) in [5, 5.41) is 6.56. The number of amides is 2. The van der Waals surface area contributed by atoms with E-state index in [4.69, 9.17) is 11.6 Å². The third-order valence-corrected chi connectivity index (χ3v) is 3.55. The number of aromatic amines is 1. The van der Waals surface area contributed by atoms with Crippen LogP contribution >= 0.6 is 23.2 Å². The quantitative estimate of drug-likeness (QED) is 0.509. The Bertz CT molecular complexity index is 908. The maximum Gasteiger partial charge on any atom is 0.487 e. The van der Waals surface area contributed by atoms with Gasteiger partial charge in [-0.15, -0.1) is 8.78 Å². The van der Waals surface area contributed by atoms with Crippen LogP contribution in [0, 0.1) is 0 Å². The predicted molar refractivity (Wildman–Crippen MR) is 93.8 cm³/mol. The van der Waals surface area contributed by atoms with E-state index >= 15 is 0 Å². The van der Waals surface area contributed by atoms with Gasteiger partial charge in [-0.2, -0.15) is 0 Å². The second kappa shape index (κ2) is 6.78. The Labute approximate surface area is 150 Å². The average molecular weight is 386 g/mol. The SMILES string of the molecule is O=C(Nc1ccc(OC(F)(F)Cl)cc1)Nc1c[nH]c2ccc(Cl)cc12. The van der Waals surface area contributed by atoms with Crippen molar-refractivity contribution in [3.8, 4) is 5.75 Å². The van der Waals surface area contributed by atoms with Gasteiger partial charge in [0.05, 0.1) is 5.69 Å². The zero-order valence-corrected chi connectivity index (χ0v) is 14.0. The molecule has 0 radical (unpaired) electrons. The standard InChI is InChI=1S/C16H11Cl2F2N3O2/c17-9-1-6-13-12(7-9)14(8-21-13)23-15(24)22-10-2-4-11(5-3-10)25-16(18,19)20/h1-8,21H,(H2,22,23,24). The van der Waals surface area contributed by atoms with Crippen molar-refractivity contribution in [2.45, 2.75) is 5.57 Å². The van der Waals surface area contributed by atoms with Crippen LogP contribution in [0.4, 0.5) is 25.0 Å². The maximum atomic E-state index is 12.5. The number of H-pyrrole nitrogens is 1. The van der Waals surface area contributed by atoms with Gasteiger partial charge in [-0.3, -0.25) is 0 Å². The minimum absolute atomic E-state index is 0.128. The molecule has 9 heteroatoms. The van der Waals surface area contributed by atoms with Crippen molar-refractivity contribution in [3.05, 3.63) is 53.7 Å². The topological polar surface area (TPSA) is 66.2 Å². The Balaban J connectivity index is 1.67. The first-order chi connectivity index (χ1) is 11.8. The summed E-state index contributed by atoms with van der Waals surface area (Å²) in [6.45, 7) is 0. The minimum Gasteiger partial charge on any atom is -0.420 e. The van der Waals surface area contributed by atoms with Gasteiger partial charge in [0.1, 0.15) is 5.75 Å². The molecule has 0 bridgehead atoms. The van der Waals surface area contributed by atoms with Gasteiger partial charge >= 0.3 is 11.6 Å². The van der Waals surface area contributed by atoms with E-state index in [2.05, 4.69) is 32.0 Å². The number of nitrogens with one attached hydrogen (secondary N) is 3. The number of ether oxygens (including phenoxy) is 1. The van der Waals surface area contributed by atoms with Crippen molar-refractivity contribution in [1.82, 2.24) is 4.98 Å². The molecule has 0 atom stereocenters. The molecule has 0 aliphatic carbocycles. The van der Waals surface area contributed by atoms with Crippen molar-refractivity contribution in [1.29, 1.82) is 0 Å². The summed E-state index contributed by atoms with van der Waals surface area (Å²) in [6.07, 6.45) is 1.64. The normalized spacial score (nSPS) is 11.4. The van der Waals surface area contributed by atoms with Crippen LogP contribution in [0.15, 0.2) is 48.7 Å². The number of carbonyl (C=O) groups excluding carboxylic acids is 1. The van der Waals surface area contributed by atoms with Gasteiger partial charge in [0.15, 0.2) is 0 Å². The van der Waals surface area contributed by atoms with E-state index in [1.165, 1.54) is 24.3 Å². The van der Waals surface area contributed by atoms with Crippen LogP contribution < -0.4 is 15.4 Å². The molecule has 3 rings (SSSR count). The fourth-order valence-electron chi connectivity index (χ4n) is 2.22. The molecular formula is C16H11Cl2F2N3O2. The number of urea groups is 1. The number of rotatable bonds is 4. The first-order valence-corrected chi connectivity index (χ1v) is 7.76. The second-order valence-corrected chi connectivity index (χ2v) is 5.92. The first-order valence-electron chi connectivity index (χ1n) is 7.01. The molecule has 0 spiro atoms. The summed E-state index contributed by atoms with van der Waals surface area (Å²) in [7, 11) is 0. The molecule has 0 saturated heterocycles. The van der Waals surface area contributed by atoms with Crippen molar-refractivity contribution in [3.63, 3.8) is 0 Å². The molecule has 25 heavy (non-hydrogen) atoms. The molecule has 130 valence electrons.